The van der Waals surface area contributed by atoms with E-state index in [0.29, 0.717) is 12.5 Å². The molecule has 1 heterocycles. The maximum atomic E-state index is 11.2. The summed E-state index contributed by atoms with van der Waals surface area (Å²) >= 11 is 0. The van der Waals surface area contributed by atoms with Crippen molar-refractivity contribution < 1.29 is 14.6 Å². The number of hydrogen-bond acceptors (Lipinski definition) is 3. The van der Waals surface area contributed by atoms with E-state index in [4.69, 9.17) is 4.74 Å². The summed E-state index contributed by atoms with van der Waals surface area (Å²) in [5.74, 6) is 0.229. The van der Waals surface area contributed by atoms with E-state index in [1.807, 2.05) is 12.3 Å². The molecule has 4 heteroatoms. The molecule has 3 aliphatic carbocycles. The zero-order chi connectivity index (χ0) is 16.3. The van der Waals surface area contributed by atoms with Gasteiger partial charge in [0.15, 0.2) is 0 Å². The van der Waals surface area contributed by atoms with Gasteiger partial charge in [0.1, 0.15) is 6.61 Å². The van der Waals surface area contributed by atoms with Gasteiger partial charge in [-0.2, -0.15) is 0 Å². The molecular weight excluding hydrogens is 302 g/mol. The Kier molecular flexibility index (Phi) is 2.96. The molecule has 1 saturated carbocycles. The topological polar surface area (TPSA) is 59.4 Å². The van der Waals surface area contributed by atoms with Crippen molar-refractivity contribution in [1.29, 1.82) is 0 Å². The van der Waals surface area contributed by atoms with Crippen molar-refractivity contribution in [1.82, 2.24) is 4.98 Å². The van der Waals surface area contributed by atoms with E-state index in [1.54, 1.807) is 0 Å². The molecule has 1 aromatic heterocycles. The summed E-state index contributed by atoms with van der Waals surface area (Å²) < 4.78 is 5.94. The molecule has 0 spiro atoms. The molecule has 0 radical (unpaired) electrons. The van der Waals surface area contributed by atoms with Gasteiger partial charge in [-0.05, 0) is 59.4 Å². The van der Waals surface area contributed by atoms with Crippen LogP contribution in [0.5, 0.6) is 5.88 Å². The average Bonchev–Trinajstić information content (AvgIpc) is 2.94. The van der Waals surface area contributed by atoms with Crippen LogP contribution in [0.25, 0.3) is 0 Å². The van der Waals surface area contributed by atoms with Gasteiger partial charge in [-0.15, -0.1) is 0 Å². The second-order valence-electron chi connectivity index (χ2n) is 7.18. The third-order valence-electron chi connectivity index (χ3n) is 5.89. The number of fused-ring (bicyclic) bond motifs is 4. The highest BCUT2D eigenvalue weighted by atomic mass is 16.5. The first kappa shape index (κ1) is 14.0. The number of carboxylic acids is 1. The number of aromatic nitrogens is 1. The lowest BCUT2D eigenvalue weighted by Gasteiger charge is -2.11. The zero-order valence-electron chi connectivity index (χ0n) is 13.4. The SMILES string of the molecule is O=C(O)C1C2Cc3cc(OCc4cccc5c4CCC5)ncc3C21. The largest absolute Gasteiger partial charge is 0.481 e. The van der Waals surface area contributed by atoms with Crippen LogP contribution in [0.1, 0.15) is 40.2 Å². The standard InChI is InChI=1S/C20H19NO3/c22-20(23)19-15-7-13-8-17(21-9-16(13)18(15)19)24-10-12-5-1-3-11-4-2-6-14(11)12/h1,3,5,8-9,15,18-19H,2,4,6-7,10H2,(H,22,23). The normalized spacial score (nSPS) is 25.8. The number of carboxylic acid groups (broad SMARTS) is 1. The van der Waals surface area contributed by atoms with Crippen molar-refractivity contribution in [2.45, 2.75) is 38.2 Å². The molecule has 0 bridgehead atoms. The molecule has 1 fully saturated rings. The number of aryl methyl sites for hydroxylation is 1. The third-order valence-corrected chi connectivity index (χ3v) is 5.89. The highest BCUT2D eigenvalue weighted by Crippen LogP contribution is 2.61. The lowest BCUT2D eigenvalue weighted by atomic mass is 10.0. The van der Waals surface area contributed by atoms with Crippen LogP contribution in [-0.2, 0) is 30.7 Å². The number of benzene rings is 1. The van der Waals surface area contributed by atoms with Crippen molar-refractivity contribution in [3.05, 3.63) is 58.3 Å². The first-order valence-electron chi connectivity index (χ1n) is 8.66. The summed E-state index contributed by atoms with van der Waals surface area (Å²) in [6.07, 6.45) is 6.22. The van der Waals surface area contributed by atoms with Crippen LogP contribution < -0.4 is 4.74 Å². The van der Waals surface area contributed by atoms with Crippen LogP contribution in [0.4, 0.5) is 0 Å². The minimum absolute atomic E-state index is 0.177. The lowest BCUT2D eigenvalue weighted by Crippen LogP contribution is -2.06. The van der Waals surface area contributed by atoms with E-state index >= 15 is 0 Å². The molecule has 3 atom stereocenters. The van der Waals surface area contributed by atoms with Gasteiger partial charge in [-0.3, -0.25) is 4.79 Å². The second kappa shape index (κ2) is 5.07. The molecule has 122 valence electrons. The quantitative estimate of drug-likeness (QED) is 0.940. The average molecular weight is 321 g/mol. The van der Waals surface area contributed by atoms with Gasteiger partial charge in [-0.25, -0.2) is 4.98 Å². The number of hydrogen-bond donors (Lipinski definition) is 1. The zero-order valence-corrected chi connectivity index (χ0v) is 13.4. The van der Waals surface area contributed by atoms with Crippen LogP contribution in [-0.4, -0.2) is 16.1 Å². The van der Waals surface area contributed by atoms with Crippen LogP contribution in [0.2, 0.25) is 0 Å². The number of nitrogens with zero attached hydrogens (tertiary/aromatic N) is 1. The molecule has 4 nitrogen and oxygen atoms in total. The molecule has 1 aromatic carbocycles. The molecule has 0 aliphatic heterocycles. The van der Waals surface area contributed by atoms with E-state index in [-0.39, 0.29) is 17.8 Å². The summed E-state index contributed by atoms with van der Waals surface area (Å²) in [5, 5.41) is 9.18. The predicted octanol–water partition coefficient (Wildman–Crippen LogP) is 3.12. The molecule has 2 aromatic rings. The van der Waals surface area contributed by atoms with E-state index < -0.39 is 5.97 Å². The van der Waals surface area contributed by atoms with E-state index in [9.17, 15) is 9.90 Å². The molecule has 5 rings (SSSR count). The Morgan fingerprint density at radius 1 is 1.29 bits per heavy atom. The lowest BCUT2D eigenvalue weighted by molar-refractivity contribution is -0.139. The molecule has 24 heavy (non-hydrogen) atoms. The summed E-state index contributed by atoms with van der Waals surface area (Å²) in [6.45, 7) is 0.555. The molecule has 0 amide bonds. The Morgan fingerprint density at radius 3 is 3.08 bits per heavy atom. The number of ether oxygens (including phenoxy) is 1. The summed E-state index contributed by atoms with van der Waals surface area (Å²) in [7, 11) is 0. The molecule has 0 saturated heterocycles. The highest BCUT2D eigenvalue weighted by molar-refractivity contribution is 5.77. The van der Waals surface area contributed by atoms with Gasteiger partial charge in [0.05, 0.1) is 5.92 Å². The van der Waals surface area contributed by atoms with E-state index in [0.717, 1.165) is 18.4 Å². The Morgan fingerprint density at radius 2 is 2.21 bits per heavy atom. The predicted molar refractivity (Wildman–Crippen MR) is 88.1 cm³/mol. The van der Waals surface area contributed by atoms with Crippen molar-refractivity contribution >= 4 is 5.97 Å². The van der Waals surface area contributed by atoms with Gasteiger partial charge in [0.25, 0.3) is 0 Å². The number of carbonyl (C=O) groups is 1. The summed E-state index contributed by atoms with van der Waals surface area (Å²) in [4.78, 5) is 15.6. The Balaban J connectivity index is 1.32. The number of pyridine rings is 1. The van der Waals surface area contributed by atoms with E-state index in [2.05, 4.69) is 23.2 Å². The fourth-order valence-corrected chi connectivity index (χ4v) is 4.67. The minimum Gasteiger partial charge on any atom is -0.481 e. The van der Waals surface area contributed by atoms with Crippen molar-refractivity contribution in [3.8, 4) is 5.88 Å². The monoisotopic (exact) mass is 321 g/mol. The third kappa shape index (κ3) is 2.05. The van der Waals surface area contributed by atoms with E-state index in [1.165, 1.54) is 35.1 Å². The van der Waals surface area contributed by atoms with Crippen molar-refractivity contribution in [2.24, 2.45) is 11.8 Å². The van der Waals surface area contributed by atoms with Gasteiger partial charge in [0, 0.05) is 18.2 Å². The first-order chi connectivity index (χ1) is 11.7. The highest BCUT2D eigenvalue weighted by Gasteiger charge is 2.59. The van der Waals surface area contributed by atoms with Crippen LogP contribution in [0, 0.1) is 11.8 Å². The van der Waals surface area contributed by atoms with Crippen molar-refractivity contribution in [3.63, 3.8) is 0 Å². The van der Waals surface area contributed by atoms with Gasteiger partial charge in [0.2, 0.25) is 5.88 Å². The molecule has 3 aliphatic rings. The van der Waals surface area contributed by atoms with Crippen LogP contribution >= 0.6 is 0 Å². The summed E-state index contributed by atoms with van der Waals surface area (Å²) in [6, 6.07) is 8.47. The van der Waals surface area contributed by atoms with Crippen LogP contribution in [0.15, 0.2) is 30.5 Å². The Bertz CT molecular complexity index is 845. The fourth-order valence-electron chi connectivity index (χ4n) is 4.67. The first-order valence-corrected chi connectivity index (χ1v) is 8.66. The number of rotatable bonds is 4. The minimum atomic E-state index is -0.672. The summed E-state index contributed by atoms with van der Waals surface area (Å²) in [5.41, 5.74) is 6.49. The van der Waals surface area contributed by atoms with Gasteiger partial charge >= 0.3 is 5.97 Å². The fraction of sp³-hybridized carbons (Fsp3) is 0.400. The number of aliphatic carboxylic acids is 1. The smallest absolute Gasteiger partial charge is 0.307 e. The maximum absolute atomic E-state index is 11.2. The van der Waals surface area contributed by atoms with Crippen LogP contribution in [0.3, 0.4) is 0 Å². The second-order valence-corrected chi connectivity index (χ2v) is 7.18. The van der Waals surface area contributed by atoms with Gasteiger partial charge in [-0.1, -0.05) is 18.2 Å². The Hall–Kier alpha value is -2.36. The van der Waals surface area contributed by atoms with Gasteiger partial charge < -0.3 is 9.84 Å². The molecule has 3 unspecified atom stereocenters. The molecular formula is C20H19NO3. The maximum Gasteiger partial charge on any atom is 0.307 e. The van der Waals surface area contributed by atoms with Crippen molar-refractivity contribution in [2.75, 3.05) is 0 Å². The Labute approximate surface area is 140 Å². The molecule has 1 N–H and O–H groups in total.